The van der Waals surface area contributed by atoms with E-state index in [0.29, 0.717) is 0 Å². The summed E-state index contributed by atoms with van der Waals surface area (Å²) in [5.74, 6) is 0. The number of aliphatic hydroxyl groups excluding tert-OH is 1. The Morgan fingerprint density at radius 3 is 1.54 bits per heavy atom. The Morgan fingerprint density at radius 2 is 1.54 bits per heavy atom. The van der Waals surface area contributed by atoms with Crippen LogP contribution in [0.2, 0.25) is 0 Å². The second-order valence-corrected chi connectivity index (χ2v) is 1.99. The number of hydrogen-bond acceptors (Lipinski definition) is 6. The number of aliphatic hydroxyl groups is 1. The summed E-state index contributed by atoms with van der Waals surface area (Å²) in [5.41, 5.74) is 0. The Balaban J connectivity index is -0.000000125. The van der Waals surface area contributed by atoms with Crippen LogP contribution in [-0.2, 0) is 4.74 Å². The normalized spacial score (nSPS) is 10.2. The highest BCUT2D eigenvalue weighted by Crippen LogP contribution is 1.65. The summed E-state index contributed by atoms with van der Waals surface area (Å²) in [4.78, 5) is 0. The highest BCUT2D eigenvalue weighted by molar-refractivity contribution is 6.30. The van der Waals surface area contributed by atoms with Gasteiger partial charge in [-0.05, 0) is 13.5 Å². The first-order valence-corrected chi connectivity index (χ1v) is 3.78. The van der Waals surface area contributed by atoms with Gasteiger partial charge >= 0.3 is 7.32 Å². The van der Waals surface area contributed by atoms with Crippen molar-refractivity contribution in [1.82, 2.24) is 5.32 Å². The Morgan fingerprint density at radius 1 is 1.31 bits per heavy atom. The van der Waals surface area contributed by atoms with Crippen LogP contribution >= 0.6 is 0 Å². The van der Waals surface area contributed by atoms with Gasteiger partial charge in [0.15, 0.2) is 0 Å². The molecule has 0 aromatic heterocycles. The summed E-state index contributed by atoms with van der Waals surface area (Å²) in [6.45, 7) is 4.48. The molecule has 0 amide bonds. The van der Waals surface area contributed by atoms with Gasteiger partial charge in [0.05, 0.1) is 0 Å². The fourth-order valence-electron chi connectivity index (χ4n) is 0.295. The quantitative estimate of drug-likeness (QED) is 0.263. The predicted molar refractivity (Wildman–Crippen MR) is 50.7 cm³/mol. The molecule has 0 radical (unpaired) electrons. The van der Waals surface area contributed by atoms with E-state index in [0.717, 1.165) is 6.54 Å². The van der Waals surface area contributed by atoms with E-state index < -0.39 is 7.32 Å². The van der Waals surface area contributed by atoms with Crippen LogP contribution < -0.4 is 5.32 Å². The van der Waals surface area contributed by atoms with Crippen molar-refractivity contribution in [2.24, 2.45) is 0 Å². The summed E-state index contributed by atoms with van der Waals surface area (Å²) in [7, 11) is 1.08. The number of rotatable bonds is 2. The van der Waals surface area contributed by atoms with E-state index in [2.05, 4.69) is 10.1 Å². The van der Waals surface area contributed by atoms with E-state index in [-0.39, 0.29) is 6.23 Å². The van der Waals surface area contributed by atoms with Gasteiger partial charge in [0.2, 0.25) is 0 Å². The van der Waals surface area contributed by atoms with Crippen LogP contribution in [0.15, 0.2) is 0 Å². The molecule has 0 aliphatic carbocycles. The van der Waals surface area contributed by atoms with E-state index >= 15 is 0 Å². The average Bonchev–Trinajstić information content (AvgIpc) is 1.86. The fourth-order valence-corrected chi connectivity index (χ4v) is 0.295. The molecule has 0 aromatic rings. The number of methoxy groups -OCH3 is 1. The van der Waals surface area contributed by atoms with E-state index in [1.54, 1.807) is 21.1 Å². The largest absolute Gasteiger partial charge is 0.631 e. The Kier molecular flexibility index (Phi) is 25.4. The maximum atomic E-state index is 8.44. The van der Waals surface area contributed by atoms with Gasteiger partial charge in [0.25, 0.3) is 0 Å². The monoisotopic (exact) mass is 197 g/mol. The van der Waals surface area contributed by atoms with Crippen molar-refractivity contribution in [3.8, 4) is 0 Å². The molecule has 0 aliphatic heterocycles. The molecule has 0 saturated carbocycles. The third-order valence-corrected chi connectivity index (χ3v) is 0.500. The van der Waals surface area contributed by atoms with Crippen molar-refractivity contribution in [2.75, 3.05) is 20.8 Å². The molecule has 6 nitrogen and oxygen atoms in total. The molecule has 0 aromatic carbocycles. The van der Waals surface area contributed by atoms with E-state index in [9.17, 15) is 0 Å². The number of hydrogen-bond donors (Lipinski definition) is 5. The molecule has 0 heterocycles. The third kappa shape index (κ3) is 143. The standard InChI is InChI=1S/C4H11NO.C2H6O.BH3O3/c1-3-5-4(2)6;1-3-2;2-1(3)4/h4-6H,3H2,1-2H3;1-2H3;2-4H. The zero-order chi connectivity index (χ0) is 11.3. The van der Waals surface area contributed by atoms with Crippen LogP contribution in [0.3, 0.4) is 0 Å². The van der Waals surface area contributed by atoms with Crippen molar-refractivity contribution in [3.05, 3.63) is 0 Å². The molecule has 0 rings (SSSR count). The van der Waals surface area contributed by atoms with Crippen molar-refractivity contribution in [2.45, 2.75) is 20.1 Å². The minimum absolute atomic E-state index is 0.352. The summed E-state index contributed by atoms with van der Waals surface area (Å²) in [6, 6.07) is 0. The summed E-state index contributed by atoms with van der Waals surface area (Å²) in [6.07, 6.45) is -0.352. The van der Waals surface area contributed by atoms with Gasteiger partial charge in [-0.15, -0.1) is 0 Å². The predicted octanol–water partition coefficient (Wildman–Crippen LogP) is -1.85. The first-order chi connectivity index (χ1) is 5.92. The molecular formula is C6H20BNO5. The molecule has 1 unspecified atom stereocenters. The lowest BCUT2D eigenvalue weighted by Crippen LogP contribution is -2.24. The first-order valence-electron chi connectivity index (χ1n) is 3.78. The van der Waals surface area contributed by atoms with Gasteiger partial charge in [-0.25, -0.2) is 0 Å². The summed E-state index contributed by atoms with van der Waals surface area (Å²) in [5, 5.41) is 32.7. The van der Waals surface area contributed by atoms with Gasteiger partial charge in [-0.2, -0.15) is 0 Å². The lowest BCUT2D eigenvalue weighted by Gasteiger charge is -2.00. The molecule has 5 N–H and O–H groups in total. The van der Waals surface area contributed by atoms with Gasteiger partial charge in [-0.1, -0.05) is 6.92 Å². The Bertz CT molecular complexity index is 71.3. The van der Waals surface area contributed by atoms with E-state index in [4.69, 9.17) is 20.2 Å². The topological polar surface area (TPSA) is 102 Å². The molecule has 0 spiro atoms. The zero-order valence-electron chi connectivity index (χ0n) is 8.56. The highest BCUT2D eigenvalue weighted by atomic mass is 16.5. The van der Waals surface area contributed by atoms with Crippen LogP contribution in [0.5, 0.6) is 0 Å². The minimum Gasteiger partial charge on any atom is -0.402 e. The molecule has 0 fully saturated rings. The molecule has 0 bridgehead atoms. The van der Waals surface area contributed by atoms with Gasteiger partial charge in [0, 0.05) is 14.2 Å². The first kappa shape index (κ1) is 18.6. The molecule has 7 heteroatoms. The third-order valence-electron chi connectivity index (χ3n) is 0.500. The highest BCUT2D eigenvalue weighted by Gasteiger charge is 1.92. The lowest BCUT2D eigenvalue weighted by atomic mass is 10.3. The maximum absolute atomic E-state index is 8.44. The summed E-state index contributed by atoms with van der Waals surface area (Å²) < 4.78 is 4.25. The molecule has 82 valence electrons. The van der Waals surface area contributed by atoms with Crippen molar-refractivity contribution in [3.63, 3.8) is 0 Å². The van der Waals surface area contributed by atoms with Crippen LogP contribution in [-0.4, -0.2) is 54.5 Å². The summed E-state index contributed by atoms with van der Waals surface area (Å²) >= 11 is 0. The van der Waals surface area contributed by atoms with E-state index in [1.807, 2.05) is 6.92 Å². The second-order valence-electron chi connectivity index (χ2n) is 1.99. The van der Waals surface area contributed by atoms with E-state index in [1.165, 1.54) is 0 Å². The fraction of sp³-hybridized carbons (Fsp3) is 1.00. The van der Waals surface area contributed by atoms with Crippen LogP contribution in [0.25, 0.3) is 0 Å². The molecule has 0 saturated heterocycles. The Hall–Kier alpha value is -0.175. The lowest BCUT2D eigenvalue weighted by molar-refractivity contribution is 0.159. The van der Waals surface area contributed by atoms with Gasteiger partial charge < -0.3 is 24.9 Å². The zero-order valence-corrected chi connectivity index (χ0v) is 8.56. The minimum atomic E-state index is -2.17. The van der Waals surface area contributed by atoms with Crippen LogP contribution in [0.1, 0.15) is 13.8 Å². The second kappa shape index (κ2) is 17.8. The number of ether oxygens (including phenoxy) is 1. The molecule has 1 atom stereocenters. The molecular weight excluding hydrogens is 177 g/mol. The van der Waals surface area contributed by atoms with Crippen LogP contribution in [0.4, 0.5) is 0 Å². The maximum Gasteiger partial charge on any atom is 0.631 e. The van der Waals surface area contributed by atoms with Crippen molar-refractivity contribution < 1.29 is 24.9 Å². The van der Waals surface area contributed by atoms with Crippen molar-refractivity contribution in [1.29, 1.82) is 0 Å². The molecule has 13 heavy (non-hydrogen) atoms. The van der Waals surface area contributed by atoms with Gasteiger partial charge in [0.1, 0.15) is 6.23 Å². The average molecular weight is 197 g/mol. The Labute approximate surface area is 79.3 Å². The van der Waals surface area contributed by atoms with Crippen LogP contribution in [0, 0.1) is 0 Å². The smallest absolute Gasteiger partial charge is 0.402 e. The SMILES string of the molecule is CCNC(C)O.COC.OB(O)O. The number of nitrogens with one attached hydrogen (secondary N) is 1. The van der Waals surface area contributed by atoms with Crippen molar-refractivity contribution >= 4 is 7.32 Å². The molecule has 0 aliphatic rings. The van der Waals surface area contributed by atoms with Gasteiger partial charge in [-0.3, -0.25) is 5.32 Å².